The summed E-state index contributed by atoms with van der Waals surface area (Å²) in [5.74, 6) is -1.67. The summed E-state index contributed by atoms with van der Waals surface area (Å²) in [7, 11) is 3.25. The summed E-state index contributed by atoms with van der Waals surface area (Å²) in [6, 6.07) is 2.99. The fourth-order valence-corrected chi connectivity index (χ4v) is 1.87. The summed E-state index contributed by atoms with van der Waals surface area (Å²) in [6.07, 6.45) is -1.16. The van der Waals surface area contributed by atoms with Crippen LogP contribution in [0.3, 0.4) is 0 Å². The number of likely N-dealkylation sites (N-methyl/N-ethyl adjacent to an activating group) is 1. The normalized spacial score (nSPS) is 13.2. The monoisotopic (exact) mass is 286 g/mol. The lowest BCUT2D eigenvalue weighted by molar-refractivity contribution is -0.134. The molecule has 1 aromatic carbocycles. The third-order valence-electron chi connectivity index (χ3n) is 3.00. The van der Waals surface area contributed by atoms with Crippen LogP contribution in [0.4, 0.5) is 8.78 Å². The molecule has 0 fully saturated rings. The van der Waals surface area contributed by atoms with Gasteiger partial charge >= 0.3 is 0 Å². The number of carbonyl (C=O) groups excluding carboxylic acids is 1. The van der Waals surface area contributed by atoms with Gasteiger partial charge in [-0.25, -0.2) is 8.78 Å². The Hall–Kier alpha value is -1.53. The van der Waals surface area contributed by atoms with Crippen LogP contribution < -0.4 is 5.32 Å². The molecule has 6 heteroatoms. The first kappa shape index (κ1) is 16.5. The molecule has 20 heavy (non-hydrogen) atoms. The Morgan fingerprint density at radius 3 is 2.50 bits per heavy atom. The van der Waals surface area contributed by atoms with E-state index in [0.29, 0.717) is 6.07 Å². The molecule has 0 aliphatic carbocycles. The molecule has 0 aromatic heterocycles. The van der Waals surface area contributed by atoms with Crippen molar-refractivity contribution in [2.45, 2.75) is 25.5 Å². The molecule has 1 aromatic rings. The summed E-state index contributed by atoms with van der Waals surface area (Å²) in [5.41, 5.74) is -0.895. The van der Waals surface area contributed by atoms with Gasteiger partial charge < -0.3 is 15.3 Å². The van der Waals surface area contributed by atoms with Crippen molar-refractivity contribution in [1.82, 2.24) is 10.2 Å². The zero-order valence-electron chi connectivity index (χ0n) is 12.1. The third-order valence-corrected chi connectivity index (χ3v) is 3.00. The van der Waals surface area contributed by atoms with E-state index in [0.717, 1.165) is 6.07 Å². The van der Waals surface area contributed by atoms with Crippen molar-refractivity contribution in [1.29, 1.82) is 0 Å². The lowest BCUT2D eigenvalue weighted by Crippen LogP contribution is -2.53. The summed E-state index contributed by atoms with van der Waals surface area (Å²) in [5, 5.41) is 12.8. The van der Waals surface area contributed by atoms with E-state index >= 15 is 0 Å². The molecule has 4 nitrogen and oxygen atoms in total. The second kappa shape index (κ2) is 6.28. The van der Waals surface area contributed by atoms with Gasteiger partial charge in [-0.15, -0.1) is 0 Å². The molecule has 1 amide bonds. The highest BCUT2D eigenvalue weighted by atomic mass is 19.1. The maximum Gasteiger partial charge on any atom is 0.241 e. The number of nitrogens with one attached hydrogen (secondary N) is 1. The van der Waals surface area contributed by atoms with Crippen molar-refractivity contribution in [3.63, 3.8) is 0 Å². The van der Waals surface area contributed by atoms with Gasteiger partial charge in [-0.1, -0.05) is 6.07 Å². The topological polar surface area (TPSA) is 52.6 Å². The van der Waals surface area contributed by atoms with Gasteiger partial charge in [0.1, 0.15) is 11.6 Å². The quantitative estimate of drug-likeness (QED) is 0.861. The Morgan fingerprint density at radius 1 is 1.40 bits per heavy atom. The van der Waals surface area contributed by atoms with Gasteiger partial charge in [0.05, 0.1) is 11.6 Å². The van der Waals surface area contributed by atoms with Crippen LogP contribution in [0.15, 0.2) is 18.2 Å². The average Bonchev–Trinajstić information content (AvgIpc) is 2.35. The Morgan fingerprint density at radius 2 is 2.00 bits per heavy atom. The molecule has 0 bridgehead atoms. The van der Waals surface area contributed by atoms with E-state index in [1.807, 2.05) is 0 Å². The summed E-state index contributed by atoms with van der Waals surface area (Å²) in [4.78, 5) is 13.3. The number of carbonyl (C=O) groups is 1. The Bertz CT molecular complexity index is 490. The van der Waals surface area contributed by atoms with Crippen LogP contribution in [0.25, 0.3) is 0 Å². The SMILES string of the molecule is CN(C)C(=O)C(C)(C)NCC(O)c1ccc(F)cc1F. The molecule has 0 saturated carbocycles. The minimum absolute atomic E-state index is 0.00741. The fourth-order valence-electron chi connectivity index (χ4n) is 1.87. The van der Waals surface area contributed by atoms with Crippen molar-refractivity contribution in [2.24, 2.45) is 0 Å². The minimum Gasteiger partial charge on any atom is -0.387 e. The molecule has 0 aliphatic rings. The van der Waals surface area contributed by atoms with Crippen LogP contribution in [-0.4, -0.2) is 42.1 Å². The van der Waals surface area contributed by atoms with Gasteiger partial charge in [0.15, 0.2) is 0 Å². The molecule has 0 radical (unpaired) electrons. The second-order valence-electron chi connectivity index (χ2n) is 5.39. The lowest BCUT2D eigenvalue weighted by atomic mass is 10.0. The molecule has 0 heterocycles. The summed E-state index contributed by atoms with van der Waals surface area (Å²) >= 11 is 0. The zero-order valence-corrected chi connectivity index (χ0v) is 12.1. The number of rotatable bonds is 5. The van der Waals surface area contributed by atoms with Crippen molar-refractivity contribution >= 4 is 5.91 Å². The van der Waals surface area contributed by atoms with E-state index in [2.05, 4.69) is 5.32 Å². The third kappa shape index (κ3) is 3.98. The van der Waals surface area contributed by atoms with Crippen LogP contribution in [-0.2, 0) is 4.79 Å². The molecule has 0 saturated heterocycles. The minimum atomic E-state index is -1.16. The van der Waals surface area contributed by atoms with Crippen molar-refractivity contribution in [3.05, 3.63) is 35.4 Å². The average molecular weight is 286 g/mol. The van der Waals surface area contributed by atoms with E-state index in [1.165, 1.54) is 11.0 Å². The van der Waals surface area contributed by atoms with Crippen LogP contribution >= 0.6 is 0 Å². The maximum absolute atomic E-state index is 13.5. The highest BCUT2D eigenvalue weighted by molar-refractivity contribution is 5.85. The van der Waals surface area contributed by atoms with Crippen molar-refractivity contribution < 1.29 is 18.7 Å². The number of nitrogens with zero attached hydrogens (tertiary/aromatic N) is 1. The Balaban J connectivity index is 2.72. The number of β-amino-alcohol motifs (C(OH)–C–C–N with tert-alkyl or cyclic N) is 1. The van der Waals surface area contributed by atoms with E-state index in [9.17, 15) is 18.7 Å². The predicted molar refractivity (Wildman–Crippen MR) is 72.1 cm³/mol. The van der Waals surface area contributed by atoms with E-state index in [1.54, 1.807) is 27.9 Å². The Kier molecular flexibility index (Phi) is 5.19. The van der Waals surface area contributed by atoms with Gasteiger partial charge in [0, 0.05) is 32.3 Å². The maximum atomic E-state index is 13.5. The molecular formula is C14H20F2N2O2. The second-order valence-corrected chi connectivity index (χ2v) is 5.39. The van der Waals surface area contributed by atoms with Crippen LogP contribution in [0.2, 0.25) is 0 Å². The highest BCUT2D eigenvalue weighted by Crippen LogP contribution is 2.18. The van der Waals surface area contributed by atoms with E-state index in [-0.39, 0.29) is 18.0 Å². The molecule has 1 rings (SSSR count). The lowest BCUT2D eigenvalue weighted by Gasteiger charge is -2.29. The Labute approximate surface area is 117 Å². The molecule has 1 unspecified atom stereocenters. The van der Waals surface area contributed by atoms with E-state index in [4.69, 9.17) is 0 Å². The molecule has 1 atom stereocenters. The number of halogens is 2. The van der Waals surface area contributed by atoms with Gasteiger partial charge in [-0.2, -0.15) is 0 Å². The molecule has 0 aliphatic heterocycles. The summed E-state index contributed by atoms with van der Waals surface area (Å²) in [6.45, 7) is 3.32. The van der Waals surface area contributed by atoms with Crippen molar-refractivity contribution in [2.75, 3.05) is 20.6 Å². The highest BCUT2D eigenvalue weighted by Gasteiger charge is 2.29. The molecular weight excluding hydrogens is 266 g/mol. The molecule has 0 spiro atoms. The van der Waals surface area contributed by atoms with Gasteiger partial charge in [-0.05, 0) is 19.9 Å². The molecule has 2 N–H and O–H groups in total. The zero-order chi connectivity index (χ0) is 15.5. The first-order valence-corrected chi connectivity index (χ1v) is 6.25. The van der Waals surface area contributed by atoms with Gasteiger partial charge in [0.2, 0.25) is 5.91 Å². The first-order valence-electron chi connectivity index (χ1n) is 6.25. The van der Waals surface area contributed by atoms with E-state index < -0.39 is 23.3 Å². The number of benzene rings is 1. The number of amides is 1. The van der Waals surface area contributed by atoms with Crippen LogP contribution in [0, 0.1) is 11.6 Å². The van der Waals surface area contributed by atoms with Gasteiger partial charge in [-0.3, -0.25) is 4.79 Å². The summed E-state index contributed by atoms with van der Waals surface area (Å²) < 4.78 is 26.3. The standard InChI is InChI=1S/C14H20F2N2O2/c1-14(2,13(20)18(3)4)17-8-12(19)10-6-5-9(15)7-11(10)16/h5-7,12,17,19H,8H2,1-4H3. The molecule has 112 valence electrons. The first-order chi connectivity index (χ1) is 9.15. The number of hydrogen-bond donors (Lipinski definition) is 2. The van der Waals surface area contributed by atoms with Crippen LogP contribution in [0.5, 0.6) is 0 Å². The predicted octanol–water partition coefficient (Wildman–Crippen LogP) is 1.45. The largest absolute Gasteiger partial charge is 0.387 e. The number of aliphatic hydroxyl groups is 1. The van der Waals surface area contributed by atoms with Crippen LogP contribution in [0.1, 0.15) is 25.5 Å². The number of hydrogen-bond acceptors (Lipinski definition) is 3. The van der Waals surface area contributed by atoms with Crippen molar-refractivity contribution in [3.8, 4) is 0 Å². The fraction of sp³-hybridized carbons (Fsp3) is 0.500. The van der Waals surface area contributed by atoms with Gasteiger partial charge in [0.25, 0.3) is 0 Å². The smallest absolute Gasteiger partial charge is 0.241 e. The number of aliphatic hydroxyl groups excluding tert-OH is 1.